The Morgan fingerprint density at radius 2 is 2.05 bits per heavy atom. The number of rotatable bonds is 5. The Bertz CT molecular complexity index is 760. The molecule has 4 rings (SSSR count). The van der Waals surface area contributed by atoms with E-state index in [0.717, 1.165) is 28.7 Å². The minimum absolute atomic E-state index is 0.452. The number of hydrogen-bond donors (Lipinski definition) is 0. The van der Waals surface area contributed by atoms with Crippen molar-refractivity contribution in [2.45, 2.75) is 32.4 Å². The first-order valence-corrected chi connectivity index (χ1v) is 8.27. The molecule has 0 aliphatic heterocycles. The molecule has 1 aromatic carbocycles. The van der Waals surface area contributed by atoms with Gasteiger partial charge in [0.15, 0.2) is 5.82 Å². The summed E-state index contributed by atoms with van der Waals surface area (Å²) in [5.41, 5.74) is 3.94. The van der Waals surface area contributed by atoms with E-state index >= 15 is 0 Å². The summed E-state index contributed by atoms with van der Waals surface area (Å²) in [4.78, 5) is 4.31. The molecule has 0 amide bonds. The molecule has 2 heterocycles. The van der Waals surface area contributed by atoms with Gasteiger partial charge >= 0.3 is 0 Å². The summed E-state index contributed by atoms with van der Waals surface area (Å²) in [6.07, 6.45) is 2.43. The van der Waals surface area contributed by atoms with Crippen molar-refractivity contribution in [2.75, 3.05) is 0 Å². The molecule has 2 aromatic heterocycles. The lowest BCUT2D eigenvalue weighted by Gasteiger charge is -2.09. The lowest BCUT2D eigenvalue weighted by atomic mass is 10.2. The number of nitrogens with zero attached hydrogens (tertiary/aromatic N) is 4. The zero-order valence-corrected chi connectivity index (χ0v) is 13.1. The van der Waals surface area contributed by atoms with Gasteiger partial charge in [0.25, 0.3) is 0 Å². The molecule has 0 atom stereocenters. The summed E-state index contributed by atoms with van der Waals surface area (Å²) in [5, 5.41) is 10.4. The topological polar surface area (TPSA) is 52.8 Å². The van der Waals surface area contributed by atoms with Crippen LogP contribution in [0.3, 0.4) is 0 Å². The maximum Gasteiger partial charge on any atom is 0.171 e. The number of aromatic nitrogens is 4. The number of thiazole rings is 1. The van der Waals surface area contributed by atoms with E-state index in [2.05, 4.69) is 19.7 Å². The van der Waals surface area contributed by atoms with Gasteiger partial charge in [-0.1, -0.05) is 0 Å². The van der Waals surface area contributed by atoms with E-state index in [4.69, 9.17) is 4.74 Å². The highest BCUT2D eigenvalue weighted by molar-refractivity contribution is 7.07. The summed E-state index contributed by atoms with van der Waals surface area (Å²) < 4.78 is 8.05. The molecule has 0 saturated heterocycles. The van der Waals surface area contributed by atoms with Crippen LogP contribution in [0.4, 0.5) is 0 Å². The van der Waals surface area contributed by atoms with Crippen molar-refractivity contribution in [3.8, 4) is 17.0 Å². The molecule has 5 nitrogen and oxygen atoms in total. The first-order chi connectivity index (χ1) is 10.8. The summed E-state index contributed by atoms with van der Waals surface area (Å²) in [6, 6.07) is 8.57. The van der Waals surface area contributed by atoms with Crippen LogP contribution in [0.25, 0.3) is 11.3 Å². The zero-order chi connectivity index (χ0) is 14.9. The normalized spacial score (nSPS) is 14.2. The average Bonchev–Trinajstić information content (AvgIpc) is 3.09. The molecule has 112 valence electrons. The highest BCUT2D eigenvalue weighted by Crippen LogP contribution is 2.36. The van der Waals surface area contributed by atoms with Gasteiger partial charge in [-0.2, -0.15) is 0 Å². The van der Waals surface area contributed by atoms with E-state index in [1.807, 2.05) is 42.1 Å². The van der Waals surface area contributed by atoms with Crippen LogP contribution in [0.5, 0.6) is 5.75 Å². The second-order valence-electron chi connectivity index (χ2n) is 5.45. The largest absolute Gasteiger partial charge is 0.486 e. The van der Waals surface area contributed by atoms with E-state index in [0.29, 0.717) is 12.6 Å². The predicted molar refractivity (Wildman–Crippen MR) is 84.9 cm³/mol. The highest BCUT2D eigenvalue weighted by Gasteiger charge is 2.28. The Morgan fingerprint density at radius 3 is 2.73 bits per heavy atom. The third-order valence-corrected chi connectivity index (χ3v) is 4.39. The van der Waals surface area contributed by atoms with Crippen molar-refractivity contribution >= 4 is 11.3 Å². The van der Waals surface area contributed by atoms with E-state index in [-0.39, 0.29) is 0 Å². The van der Waals surface area contributed by atoms with Crippen LogP contribution < -0.4 is 4.74 Å². The van der Waals surface area contributed by atoms with Gasteiger partial charge in [0.1, 0.15) is 18.2 Å². The fourth-order valence-corrected chi connectivity index (χ4v) is 3.11. The fourth-order valence-electron chi connectivity index (χ4n) is 2.54. The third kappa shape index (κ3) is 2.62. The van der Waals surface area contributed by atoms with Crippen molar-refractivity contribution < 1.29 is 4.74 Å². The quantitative estimate of drug-likeness (QED) is 0.722. The van der Waals surface area contributed by atoms with Gasteiger partial charge in [-0.3, -0.25) is 0 Å². The molecule has 1 aliphatic rings. The Hall–Kier alpha value is -2.21. The van der Waals surface area contributed by atoms with E-state index in [1.54, 1.807) is 11.3 Å². The Labute approximate surface area is 132 Å². The zero-order valence-electron chi connectivity index (χ0n) is 12.3. The summed E-state index contributed by atoms with van der Waals surface area (Å²) in [5.74, 6) is 2.71. The molecular weight excluding hydrogens is 296 g/mol. The molecule has 0 unspecified atom stereocenters. The Balaban J connectivity index is 1.46. The number of hydrogen-bond acceptors (Lipinski definition) is 5. The minimum Gasteiger partial charge on any atom is -0.486 e. The van der Waals surface area contributed by atoms with E-state index in [9.17, 15) is 0 Å². The smallest absolute Gasteiger partial charge is 0.171 e. The maximum atomic E-state index is 5.86. The van der Waals surface area contributed by atoms with Gasteiger partial charge in [-0.25, -0.2) is 4.98 Å². The number of ether oxygens (including phenoxy) is 1. The summed E-state index contributed by atoms with van der Waals surface area (Å²) in [6.45, 7) is 2.45. The van der Waals surface area contributed by atoms with Crippen LogP contribution in [0.1, 0.15) is 30.5 Å². The van der Waals surface area contributed by atoms with Gasteiger partial charge in [0, 0.05) is 17.0 Å². The first kappa shape index (κ1) is 13.5. The standard InChI is InChI=1S/C16H16N4OS/c1-11-18-19-16(20(11)13-4-5-13)8-21-14-6-2-12(3-7-14)15-9-22-10-17-15/h2-3,6-7,9-10,13H,4-5,8H2,1H3. The van der Waals surface area contributed by atoms with Crippen molar-refractivity contribution in [1.29, 1.82) is 0 Å². The van der Waals surface area contributed by atoms with E-state index < -0.39 is 0 Å². The second-order valence-corrected chi connectivity index (χ2v) is 6.17. The van der Waals surface area contributed by atoms with Gasteiger partial charge in [-0.05, 0) is 44.0 Å². The molecule has 6 heteroatoms. The molecule has 1 saturated carbocycles. The van der Waals surface area contributed by atoms with Crippen molar-refractivity contribution in [1.82, 2.24) is 19.7 Å². The molecule has 0 radical (unpaired) electrons. The van der Waals surface area contributed by atoms with Gasteiger partial charge < -0.3 is 9.30 Å². The van der Waals surface area contributed by atoms with Crippen LogP contribution >= 0.6 is 11.3 Å². The van der Waals surface area contributed by atoms with Crippen LogP contribution in [-0.4, -0.2) is 19.7 Å². The molecular formula is C16H16N4OS. The Kier molecular flexibility index (Phi) is 3.38. The highest BCUT2D eigenvalue weighted by atomic mass is 32.1. The van der Waals surface area contributed by atoms with E-state index in [1.165, 1.54) is 12.8 Å². The predicted octanol–water partition coefficient (Wildman–Crippen LogP) is 3.62. The minimum atomic E-state index is 0.452. The molecule has 0 bridgehead atoms. The van der Waals surface area contributed by atoms with Crippen molar-refractivity contribution in [3.63, 3.8) is 0 Å². The summed E-state index contributed by atoms with van der Waals surface area (Å²) >= 11 is 1.60. The lowest BCUT2D eigenvalue weighted by molar-refractivity contribution is 0.288. The van der Waals surface area contributed by atoms with Crippen LogP contribution in [0, 0.1) is 6.92 Å². The fraction of sp³-hybridized carbons (Fsp3) is 0.312. The van der Waals surface area contributed by atoms with Crippen molar-refractivity contribution in [2.24, 2.45) is 0 Å². The molecule has 3 aromatic rings. The third-order valence-electron chi connectivity index (χ3n) is 3.80. The molecule has 1 fully saturated rings. The molecule has 22 heavy (non-hydrogen) atoms. The van der Waals surface area contributed by atoms with Crippen molar-refractivity contribution in [3.05, 3.63) is 46.8 Å². The molecule has 0 spiro atoms. The van der Waals surface area contributed by atoms with Crippen LogP contribution in [0.2, 0.25) is 0 Å². The monoisotopic (exact) mass is 312 g/mol. The van der Waals surface area contributed by atoms with Gasteiger partial charge in [-0.15, -0.1) is 21.5 Å². The number of benzene rings is 1. The lowest BCUT2D eigenvalue weighted by Crippen LogP contribution is -2.07. The SMILES string of the molecule is Cc1nnc(COc2ccc(-c3cscn3)cc2)n1C1CC1. The number of aryl methyl sites for hydroxylation is 1. The average molecular weight is 312 g/mol. The maximum absolute atomic E-state index is 5.86. The van der Waals surface area contributed by atoms with Crippen LogP contribution in [-0.2, 0) is 6.61 Å². The Morgan fingerprint density at radius 1 is 1.23 bits per heavy atom. The second kappa shape index (κ2) is 5.53. The van der Waals surface area contributed by atoms with Gasteiger partial charge in [0.2, 0.25) is 0 Å². The van der Waals surface area contributed by atoms with Crippen LogP contribution in [0.15, 0.2) is 35.2 Å². The molecule has 1 aliphatic carbocycles. The first-order valence-electron chi connectivity index (χ1n) is 7.33. The van der Waals surface area contributed by atoms with Gasteiger partial charge in [0.05, 0.1) is 11.2 Å². The molecule has 0 N–H and O–H groups in total. The summed E-state index contributed by atoms with van der Waals surface area (Å²) in [7, 11) is 0.